The molecule has 1 aliphatic rings. The van der Waals surface area contributed by atoms with Gasteiger partial charge in [0.1, 0.15) is 5.75 Å². The fourth-order valence-corrected chi connectivity index (χ4v) is 2.49. The summed E-state index contributed by atoms with van der Waals surface area (Å²) in [5.74, 6) is 0.851. The van der Waals surface area contributed by atoms with Gasteiger partial charge in [0.05, 0.1) is 19.8 Å². The molecular weight excluding hydrogens is 330 g/mol. The van der Waals surface area contributed by atoms with Crippen molar-refractivity contribution in [3.05, 3.63) is 29.8 Å². The van der Waals surface area contributed by atoms with Gasteiger partial charge in [0.2, 0.25) is 0 Å². The lowest BCUT2D eigenvalue weighted by Crippen LogP contribution is -2.44. The molecule has 0 atom stereocenters. The zero-order chi connectivity index (χ0) is 17.9. The van der Waals surface area contributed by atoms with Gasteiger partial charge in [0.25, 0.3) is 0 Å². The Hall–Kier alpha value is -1.93. The molecule has 2 rings (SSSR count). The zero-order valence-electron chi connectivity index (χ0n) is 14.5. The Kier molecular flexibility index (Phi) is 8.41. The number of hydrogen-bond acceptors (Lipinski definition) is 4. The number of nitrogens with zero attached hydrogens (tertiary/aromatic N) is 2. The highest BCUT2D eigenvalue weighted by Gasteiger charge is 2.09. The van der Waals surface area contributed by atoms with Gasteiger partial charge in [-0.15, -0.1) is 0 Å². The molecule has 0 aliphatic carbocycles. The highest BCUT2D eigenvalue weighted by Crippen LogP contribution is 2.16. The summed E-state index contributed by atoms with van der Waals surface area (Å²) in [4.78, 5) is 6.83. The van der Waals surface area contributed by atoms with Crippen molar-refractivity contribution in [2.75, 3.05) is 45.9 Å². The fraction of sp³-hybridized carbons (Fsp3) is 0.588. The minimum atomic E-state index is -2.82. The van der Waals surface area contributed by atoms with Crippen molar-refractivity contribution in [3.63, 3.8) is 0 Å². The van der Waals surface area contributed by atoms with Crippen molar-refractivity contribution in [1.82, 2.24) is 15.5 Å². The molecule has 1 saturated heterocycles. The lowest BCUT2D eigenvalue weighted by molar-refractivity contribution is -0.0498. The molecule has 0 spiro atoms. The first-order valence-electron chi connectivity index (χ1n) is 8.53. The topological polar surface area (TPSA) is 58.1 Å². The van der Waals surface area contributed by atoms with E-state index in [9.17, 15) is 8.78 Å². The van der Waals surface area contributed by atoms with E-state index < -0.39 is 6.61 Å². The molecule has 1 aliphatic heterocycles. The van der Waals surface area contributed by atoms with Crippen molar-refractivity contribution >= 4 is 5.96 Å². The third-order valence-electron chi connectivity index (χ3n) is 3.71. The number of morpholine rings is 1. The van der Waals surface area contributed by atoms with E-state index in [1.807, 2.05) is 13.0 Å². The smallest absolute Gasteiger partial charge is 0.387 e. The van der Waals surface area contributed by atoms with Gasteiger partial charge in [-0.25, -0.2) is 4.99 Å². The van der Waals surface area contributed by atoms with E-state index in [0.717, 1.165) is 51.5 Å². The first-order chi connectivity index (χ1) is 12.2. The van der Waals surface area contributed by atoms with E-state index >= 15 is 0 Å². The van der Waals surface area contributed by atoms with Crippen LogP contribution in [0, 0.1) is 0 Å². The quantitative estimate of drug-likeness (QED) is 0.548. The Morgan fingerprint density at radius 3 is 2.84 bits per heavy atom. The largest absolute Gasteiger partial charge is 0.435 e. The zero-order valence-corrected chi connectivity index (χ0v) is 14.5. The average molecular weight is 356 g/mol. The summed E-state index contributed by atoms with van der Waals surface area (Å²) >= 11 is 0. The number of halogens is 2. The number of benzene rings is 1. The SMILES string of the molecule is CCNC(=NCc1cccc(OC(F)F)c1)NCCN1CCOCC1. The van der Waals surface area contributed by atoms with Crippen LogP contribution in [0.4, 0.5) is 8.78 Å². The number of alkyl halides is 2. The maximum absolute atomic E-state index is 12.3. The van der Waals surface area contributed by atoms with Gasteiger partial charge >= 0.3 is 6.61 Å². The highest BCUT2D eigenvalue weighted by molar-refractivity contribution is 5.79. The van der Waals surface area contributed by atoms with Crippen LogP contribution < -0.4 is 15.4 Å². The van der Waals surface area contributed by atoms with Crippen molar-refractivity contribution in [1.29, 1.82) is 0 Å². The van der Waals surface area contributed by atoms with Crippen molar-refractivity contribution in [2.24, 2.45) is 4.99 Å². The minimum Gasteiger partial charge on any atom is -0.435 e. The highest BCUT2D eigenvalue weighted by atomic mass is 19.3. The lowest BCUT2D eigenvalue weighted by atomic mass is 10.2. The maximum Gasteiger partial charge on any atom is 0.387 e. The first-order valence-corrected chi connectivity index (χ1v) is 8.53. The van der Waals surface area contributed by atoms with Crippen LogP contribution in [0.2, 0.25) is 0 Å². The fourth-order valence-electron chi connectivity index (χ4n) is 2.49. The molecule has 0 bridgehead atoms. The second kappa shape index (κ2) is 10.8. The predicted molar refractivity (Wildman–Crippen MR) is 93.2 cm³/mol. The van der Waals surface area contributed by atoms with Crippen molar-refractivity contribution < 1.29 is 18.3 Å². The van der Waals surface area contributed by atoms with Gasteiger partial charge in [0.15, 0.2) is 5.96 Å². The van der Waals surface area contributed by atoms with E-state index in [0.29, 0.717) is 12.5 Å². The third-order valence-corrected chi connectivity index (χ3v) is 3.71. The van der Waals surface area contributed by atoms with Crippen LogP contribution >= 0.6 is 0 Å². The molecule has 1 aromatic carbocycles. The van der Waals surface area contributed by atoms with Gasteiger partial charge in [0, 0.05) is 32.7 Å². The predicted octanol–water partition coefficient (Wildman–Crippen LogP) is 1.68. The Labute approximate surface area is 147 Å². The Morgan fingerprint density at radius 2 is 2.12 bits per heavy atom. The van der Waals surface area contributed by atoms with Crippen molar-refractivity contribution in [3.8, 4) is 5.75 Å². The summed E-state index contributed by atoms with van der Waals surface area (Å²) in [5.41, 5.74) is 0.809. The van der Waals surface area contributed by atoms with E-state index in [1.54, 1.807) is 12.1 Å². The van der Waals surface area contributed by atoms with E-state index in [-0.39, 0.29) is 5.75 Å². The first kappa shape index (κ1) is 19.4. The second-order valence-corrected chi connectivity index (χ2v) is 5.60. The molecule has 25 heavy (non-hydrogen) atoms. The molecule has 2 N–H and O–H groups in total. The van der Waals surface area contributed by atoms with Crippen LogP contribution in [-0.4, -0.2) is 63.4 Å². The van der Waals surface area contributed by atoms with Crippen LogP contribution in [0.1, 0.15) is 12.5 Å². The van der Waals surface area contributed by atoms with Crippen LogP contribution in [0.15, 0.2) is 29.3 Å². The normalized spacial score (nSPS) is 16.1. The molecule has 0 radical (unpaired) electrons. The second-order valence-electron chi connectivity index (χ2n) is 5.60. The number of aliphatic imine (C=N–C) groups is 1. The number of nitrogens with one attached hydrogen (secondary N) is 2. The summed E-state index contributed by atoms with van der Waals surface area (Å²) in [6.07, 6.45) is 0. The van der Waals surface area contributed by atoms with Gasteiger partial charge in [-0.1, -0.05) is 12.1 Å². The van der Waals surface area contributed by atoms with Crippen LogP contribution in [0.5, 0.6) is 5.75 Å². The minimum absolute atomic E-state index is 0.146. The molecular formula is C17H26F2N4O2. The maximum atomic E-state index is 12.3. The lowest BCUT2D eigenvalue weighted by Gasteiger charge is -2.26. The molecule has 0 amide bonds. The molecule has 0 unspecified atom stereocenters. The Balaban J connectivity index is 1.83. The molecule has 1 heterocycles. The van der Waals surface area contributed by atoms with Crippen LogP contribution in [-0.2, 0) is 11.3 Å². The van der Waals surface area contributed by atoms with Crippen molar-refractivity contribution in [2.45, 2.75) is 20.1 Å². The molecule has 0 aromatic heterocycles. The number of rotatable bonds is 8. The van der Waals surface area contributed by atoms with Gasteiger partial charge in [-0.05, 0) is 24.6 Å². The van der Waals surface area contributed by atoms with Gasteiger partial charge < -0.3 is 20.1 Å². The molecule has 6 nitrogen and oxygen atoms in total. The number of hydrogen-bond donors (Lipinski definition) is 2. The number of ether oxygens (including phenoxy) is 2. The molecule has 1 aromatic rings. The van der Waals surface area contributed by atoms with Crippen LogP contribution in [0.25, 0.3) is 0 Å². The summed E-state index contributed by atoms with van der Waals surface area (Å²) < 4.78 is 34.3. The summed E-state index contributed by atoms with van der Waals surface area (Å²) in [6, 6.07) is 6.60. The van der Waals surface area contributed by atoms with E-state index in [1.165, 1.54) is 6.07 Å². The summed E-state index contributed by atoms with van der Waals surface area (Å²) in [5, 5.41) is 6.47. The van der Waals surface area contributed by atoms with E-state index in [2.05, 4.69) is 25.3 Å². The molecule has 1 fully saturated rings. The molecule has 140 valence electrons. The third kappa shape index (κ3) is 7.66. The summed E-state index contributed by atoms with van der Waals surface area (Å²) in [6.45, 7) is 5.47. The standard InChI is InChI=1S/C17H26F2N4O2/c1-2-20-17(21-6-7-23-8-10-24-11-9-23)22-13-14-4-3-5-15(12-14)25-16(18)19/h3-5,12,16H,2,6-11,13H2,1H3,(H2,20,21,22). The molecule has 8 heteroatoms. The van der Waals surface area contributed by atoms with Gasteiger partial charge in [-0.3, -0.25) is 4.90 Å². The Morgan fingerprint density at radius 1 is 1.32 bits per heavy atom. The number of guanidine groups is 1. The average Bonchev–Trinajstić information content (AvgIpc) is 2.60. The van der Waals surface area contributed by atoms with Gasteiger partial charge in [-0.2, -0.15) is 8.78 Å². The molecule has 0 saturated carbocycles. The van der Waals surface area contributed by atoms with E-state index in [4.69, 9.17) is 4.74 Å². The monoisotopic (exact) mass is 356 g/mol. The Bertz CT molecular complexity index is 537. The van der Waals surface area contributed by atoms with Crippen LogP contribution in [0.3, 0.4) is 0 Å². The summed E-state index contributed by atoms with van der Waals surface area (Å²) in [7, 11) is 0.